The third-order valence-corrected chi connectivity index (χ3v) is 5.47. The van der Waals surface area contributed by atoms with Crippen LogP contribution in [0.3, 0.4) is 0 Å². The van der Waals surface area contributed by atoms with Crippen molar-refractivity contribution in [1.29, 1.82) is 0 Å². The predicted octanol–water partition coefficient (Wildman–Crippen LogP) is 2.29. The number of carbonyl (C=O) groups excluding carboxylic acids is 3. The number of anilines is 2. The fraction of sp³-hybridized carbons (Fsp3) is 0.318. The molecule has 4 rings (SSSR count). The van der Waals surface area contributed by atoms with Crippen molar-refractivity contribution in [3.8, 4) is 11.5 Å². The molecule has 2 aromatic carbocycles. The van der Waals surface area contributed by atoms with Crippen molar-refractivity contribution in [1.82, 2.24) is 4.90 Å². The van der Waals surface area contributed by atoms with Gasteiger partial charge in [-0.05, 0) is 37.1 Å². The minimum Gasteiger partial charge on any atom is -0.497 e. The minimum atomic E-state index is -0.534. The first kappa shape index (κ1) is 19.8. The van der Waals surface area contributed by atoms with Crippen LogP contribution in [0.25, 0.3) is 0 Å². The van der Waals surface area contributed by atoms with Gasteiger partial charge in [0.15, 0.2) is 0 Å². The summed E-state index contributed by atoms with van der Waals surface area (Å²) in [5.41, 5.74) is 1.36. The smallest absolute Gasteiger partial charge is 0.256 e. The molecule has 1 N–H and O–H groups in total. The third-order valence-electron chi connectivity index (χ3n) is 5.47. The first-order valence-electron chi connectivity index (χ1n) is 9.76. The molecule has 1 saturated heterocycles. The molecule has 0 bridgehead atoms. The van der Waals surface area contributed by atoms with Gasteiger partial charge in [0.25, 0.3) is 5.91 Å². The maximum Gasteiger partial charge on any atom is 0.256 e. The molecule has 2 aliphatic rings. The van der Waals surface area contributed by atoms with Crippen LogP contribution in [0.1, 0.15) is 23.2 Å². The third kappa shape index (κ3) is 3.45. The molecule has 2 heterocycles. The monoisotopic (exact) mass is 409 g/mol. The highest BCUT2D eigenvalue weighted by atomic mass is 16.5. The van der Waals surface area contributed by atoms with Gasteiger partial charge in [0.05, 0.1) is 31.2 Å². The molecule has 0 spiro atoms. The maximum atomic E-state index is 13.2. The number of benzene rings is 2. The van der Waals surface area contributed by atoms with Crippen LogP contribution in [-0.2, 0) is 9.59 Å². The van der Waals surface area contributed by atoms with Crippen LogP contribution in [-0.4, -0.2) is 56.0 Å². The zero-order chi connectivity index (χ0) is 21.3. The molecule has 0 aromatic heterocycles. The second-order valence-electron chi connectivity index (χ2n) is 7.21. The Morgan fingerprint density at radius 3 is 2.70 bits per heavy atom. The average Bonchev–Trinajstić information content (AvgIpc) is 3.24. The van der Waals surface area contributed by atoms with E-state index in [1.165, 1.54) is 12.0 Å². The Labute approximate surface area is 174 Å². The zero-order valence-corrected chi connectivity index (χ0v) is 16.9. The number of nitrogens with zero attached hydrogens (tertiary/aromatic N) is 2. The van der Waals surface area contributed by atoms with Crippen LogP contribution >= 0.6 is 0 Å². The molecule has 1 fully saturated rings. The summed E-state index contributed by atoms with van der Waals surface area (Å²) in [5, 5.41) is 2.79. The molecule has 1 atom stereocenters. The summed E-state index contributed by atoms with van der Waals surface area (Å²) in [7, 11) is 3.04. The first-order chi connectivity index (χ1) is 14.5. The summed E-state index contributed by atoms with van der Waals surface area (Å²) in [6.45, 7) is 0.343. The van der Waals surface area contributed by atoms with Gasteiger partial charge in [-0.25, -0.2) is 0 Å². The number of amides is 3. The van der Waals surface area contributed by atoms with Gasteiger partial charge in [-0.1, -0.05) is 12.1 Å². The molecule has 0 saturated carbocycles. The molecular weight excluding hydrogens is 386 g/mol. The van der Waals surface area contributed by atoms with Gasteiger partial charge in [0.2, 0.25) is 11.8 Å². The molecule has 2 aliphatic heterocycles. The molecule has 3 amide bonds. The number of hydrogen-bond acceptors (Lipinski definition) is 5. The molecule has 30 heavy (non-hydrogen) atoms. The van der Waals surface area contributed by atoms with E-state index in [1.54, 1.807) is 54.5 Å². The normalized spacial score (nSPS) is 17.9. The van der Waals surface area contributed by atoms with Crippen molar-refractivity contribution < 1.29 is 23.9 Å². The highest BCUT2D eigenvalue weighted by Gasteiger charge is 2.42. The highest BCUT2D eigenvalue weighted by molar-refractivity contribution is 6.13. The Morgan fingerprint density at radius 1 is 1.13 bits per heavy atom. The van der Waals surface area contributed by atoms with E-state index in [9.17, 15) is 14.4 Å². The van der Waals surface area contributed by atoms with Crippen LogP contribution in [0, 0.1) is 0 Å². The molecular formula is C22H23N3O5. The highest BCUT2D eigenvalue weighted by Crippen LogP contribution is 2.33. The quantitative estimate of drug-likeness (QED) is 0.819. The van der Waals surface area contributed by atoms with E-state index in [-0.39, 0.29) is 24.3 Å². The Kier molecular flexibility index (Phi) is 5.31. The lowest BCUT2D eigenvalue weighted by atomic mass is 10.1. The summed E-state index contributed by atoms with van der Waals surface area (Å²) < 4.78 is 10.5. The number of carbonyl (C=O) groups is 3. The van der Waals surface area contributed by atoms with E-state index in [0.717, 1.165) is 6.42 Å². The number of fused-ring (bicyclic) bond motifs is 2. The number of nitrogens with one attached hydrogen (secondary N) is 1. The van der Waals surface area contributed by atoms with Crippen molar-refractivity contribution in [2.75, 3.05) is 37.5 Å². The number of hydrogen-bond donors (Lipinski definition) is 1. The Balaban J connectivity index is 1.61. The summed E-state index contributed by atoms with van der Waals surface area (Å²) in [6.07, 6.45) is 1.37. The van der Waals surface area contributed by atoms with Gasteiger partial charge in [-0.15, -0.1) is 0 Å². The fourth-order valence-electron chi connectivity index (χ4n) is 4.01. The van der Waals surface area contributed by atoms with Crippen LogP contribution in [0.4, 0.5) is 11.4 Å². The van der Waals surface area contributed by atoms with Gasteiger partial charge < -0.3 is 24.6 Å². The second-order valence-corrected chi connectivity index (χ2v) is 7.21. The topological polar surface area (TPSA) is 88.2 Å². The van der Waals surface area contributed by atoms with E-state index in [0.29, 0.717) is 41.4 Å². The van der Waals surface area contributed by atoms with Gasteiger partial charge in [0.1, 0.15) is 24.1 Å². The van der Waals surface area contributed by atoms with Gasteiger partial charge >= 0.3 is 0 Å². The average molecular weight is 409 g/mol. The van der Waals surface area contributed by atoms with Gasteiger partial charge in [-0.3, -0.25) is 14.4 Å². The van der Waals surface area contributed by atoms with E-state index in [2.05, 4.69) is 5.32 Å². The molecule has 0 radical (unpaired) electrons. The molecule has 8 heteroatoms. The molecule has 156 valence electrons. The van der Waals surface area contributed by atoms with Crippen molar-refractivity contribution in [2.24, 2.45) is 0 Å². The Hall–Kier alpha value is -3.55. The minimum absolute atomic E-state index is 0.166. The fourth-order valence-corrected chi connectivity index (χ4v) is 4.01. The Bertz CT molecular complexity index is 1010. The maximum absolute atomic E-state index is 13.2. The van der Waals surface area contributed by atoms with E-state index >= 15 is 0 Å². The zero-order valence-electron chi connectivity index (χ0n) is 16.9. The number of methoxy groups -OCH3 is 2. The van der Waals surface area contributed by atoms with Crippen molar-refractivity contribution >= 4 is 29.1 Å². The number of ether oxygens (including phenoxy) is 2. The predicted molar refractivity (Wildman–Crippen MR) is 111 cm³/mol. The van der Waals surface area contributed by atoms with Crippen LogP contribution in [0.15, 0.2) is 42.5 Å². The van der Waals surface area contributed by atoms with Crippen molar-refractivity contribution in [2.45, 2.75) is 18.9 Å². The molecule has 8 nitrogen and oxygen atoms in total. The van der Waals surface area contributed by atoms with Crippen LogP contribution in [0.5, 0.6) is 11.5 Å². The summed E-state index contributed by atoms with van der Waals surface area (Å²) in [4.78, 5) is 42.1. The lowest BCUT2D eigenvalue weighted by molar-refractivity contribution is -0.124. The van der Waals surface area contributed by atoms with E-state index < -0.39 is 6.04 Å². The molecule has 0 aliphatic carbocycles. The molecule has 0 unspecified atom stereocenters. The van der Waals surface area contributed by atoms with Gasteiger partial charge in [-0.2, -0.15) is 0 Å². The second kappa shape index (κ2) is 8.06. The first-order valence-corrected chi connectivity index (χ1v) is 9.76. The number of rotatable bonds is 5. The van der Waals surface area contributed by atoms with Crippen molar-refractivity contribution in [3.05, 3.63) is 48.0 Å². The van der Waals surface area contributed by atoms with Crippen LogP contribution in [0.2, 0.25) is 0 Å². The summed E-state index contributed by atoms with van der Waals surface area (Å²) in [6, 6.07) is 11.4. The van der Waals surface area contributed by atoms with Crippen molar-refractivity contribution in [3.63, 3.8) is 0 Å². The number of para-hydroxylation sites is 1. The SMILES string of the molecule is COc1ccc(NC(=O)CN2C(=O)[C@H]3CCCN3C(=O)c3ccccc32)c(OC)c1. The van der Waals surface area contributed by atoms with E-state index in [1.807, 2.05) is 0 Å². The van der Waals surface area contributed by atoms with Gasteiger partial charge in [0, 0.05) is 12.6 Å². The van der Waals surface area contributed by atoms with Crippen LogP contribution < -0.4 is 19.7 Å². The van der Waals surface area contributed by atoms with E-state index in [4.69, 9.17) is 9.47 Å². The summed E-state index contributed by atoms with van der Waals surface area (Å²) >= 11 is 0. The Morgan fingerprint density at radius 2 is 1.93 bits per heavy atom. The largest absolute Gasteiger partial charge is 0.497 e. The lowest BCUT2D eigenvalue weighted by Crippen LogP contribution is -2.47. The standard InChI is InChI=1S/C22H23N3O5/c1-29-14-9-10-16(19(12-14)30-2)23-20(26)13-25-17-7-4-3-6-15(17)21(27)24-11-5-8-18(24)22(25)28/h3-4,6-7,9-10,12,18H,5,8,11,13H2,1-2H3,(H,23,26)/t18-/m1/s1. The summed E-state index contributed by atoms with van der Waals surface area (Å²) in [5.74, 6) is 0.257. The molecule has 2 aromatic rings. The lowest BCUT2D eigenvalue weighted by Gasteiger charge is -2.25.